The summed E-state index contributed by atoms with van der Waals surface area (Å²) in [6.45, 7) is 13.1. The van der Waals surface area contributed by atoms with E-state index in [1.807, 2.05) is 39.5 Å². The van der Waals surface area contributed by atoms with Crippen LogP contribution in [-0.4, -0.2) is 60.4 Å². The number of nitrogens with zero attached hydrogens (tertiary/aromatic N) is 1. The van der Waals surface area contributed by atoms with E-state index in [0.29, 0.717) is 13.1 Å². The second-order valence-electron chi connectivity index (χ2n) is 7.21. The maximum absolute atomic E-state index is 12.3. The van der Waals surface area contributed by atoms with E-state index < -0.39 is 0 Å². The molecule has 0 atom stereocenters. The summed E-state index contributed by atoms with van der Waals surface area (Å²) in [7, 11) is 0. The van der Waals surface area contributed by atoms with Gasteiger partial charge in [-0.25, -0.2) is 0 Å². The first-order chi connectivity index (χ1) is 8.61. The van der Waals surface area contributed by atoms with Gasteiger partial charge in [-0.05, 0) is 34.6 Å². The van der Waals surface area contributed by atoms with Crippen LogP contribution in [0.15, 0.2) is 0 Å². The minimum atomic E-state index is -0.306. The van der Waals surface area contributed by atoms with Crippen molar-refractivity contribution in [2.75, 3.05) is 32.8 Å². The van der Waals surface area contributed by atoms with Crippen molar-refractivity contribution in [1.29, 1.82) is 0 Å². The summed E-state index contributed by atoms with van der Waals surface area (Å²) in [5.41, 5.74) is -0.786. The van der Waals surface area contributed by atoms with Crippen molar-refractivity contribution in [3.63, 3.8) is 0 Å². The topological polar surface area (TPSA) is 50.8 Å². The van der Waals surface area contributed by atoms with Gasteiger partial charge in [0.05, 0.1) is 16.8 Å². The number of amides is 1. The fraction of sp³-hybridized carbons (Fsp3) is 0.929. The van der Waals surface area contributed by atoms with Crippen LogP contribution in [0.5, 0.6) is 0 Å². The van der Waals surface area contributed by atoms with Gasteiger partial charge in [-0.15, -0.1) is 0 Å². The molecule has 2 heterocycles. The number of hydrogen-bond acceptors (Lipinski definition) is 4. The van der Waals surface area contributed by atoms with Gasteiger partial charge in [-0.2, -0.15) is 0 Å². The first kappa shape index (κ1) is 14.8. The Kier molecular flexibility index (Phi) is 3.66. The SMILES string of the molecule is CC1(C)CN(C(=O)COC2(C)CNC2)CC(C)(C)O1. The molecule has 0 spiro atoms. The lowest BCUT2D eigenvalue weighted by Crippen LogP contribution is -2.61. The summed E-state index contributed by atoms with van der Waals surface area (Å²) in [6, 6.07) is 0. The number of ether oxygens (including phenoxy) is 2. The molecule has 5 nitrogen and oxygen atoms in total. The van der Waals surface area contributed by atoms with Crippen molar-refractivity contribution < 1.29 is 14.3 Å². The van der Waals surface area contributed by atoms with E-state index in [2.05, 4.69) is 5.32 Å². The van der Waals surface area contributed by atoms with E-state index in [0.717, 1.165) is 13.1 Å². The Morgan fingerprint density at radius 3 is 2.11 bits per heavy atom. The maximum atomic E-state index is 12.3. The number of carbonyl (C=O) groups excluding carboxylic acids is 1. The molecule has 0 aromatic heterocycles. The molecule has 0 unspecified atom stereocenters. The highest BCUT2D eigenvalue weighted by molar-refractivity contribution is 5.77. The minimum absolute atomic E-state index is 0.0533. The standard InChI is InChI=1S/C14H26N2O3/c1-12(2)9-16(10-13(3,4)19-12)11(17)6-18-14(5)7-15-8-14/h15H,6-10H2,1-5H3. The Hall–Kier alpha value is -0.650. The average molecular weight is 270 g/mol. The Morgan fingerprint density at radius 1 is 1.16 bits per heavy atom. The van der Waals surface area contributed by atoms with Gasteiger partial charge in [0.25, 0.3) is 0 Å². The fourth-order valence-electron chi connectivity index (χ4n) is 2.87. The van der Waals surface area contributed by atoms with Crippen LogP contribution >= 0.6 is 0 Å². The average Bonchev–Trinajstić information content (AvgIpc) is 2.18. The predicted molar refractivity (Wildman–Crippen MR) is 73.0 cm³/mol. The largest absolute Gasteiger partial charge is 0.366 e. The second-order valence-corrected chi connectivity index (χ2v) is 7.21. The summed E-state index contributed by atoms with van der Waals surface area (Å²) < 4.78 is 11.7. The Labute approximate surface area is 115 Å². The lowest BCUT2D eigenvalue weighted by Gasteiger charge is -2.47. The molecule has 2 aliphatic heterocycles. The Morgan fingerprint density at radius 2 is 1.68 bits per heavy atom. The molecule has 2 saturated heterocycles. The van der Waals surface area contributed by atoms with E-state index in [9.17, 15) is 4.79 Å². The molecule has 2 aliphatic rings. The van der Waals surface area contributed by atoms with E-state index in [1.54, 1.807) is 0 Å². The maximum Gasteiger partial charge on any atom is 0.248 e. The van der Waals surface area contributed by atoms with Crippen LogP contribution in [0.1, 0.15) is 34.6 Å². The molecule has 110 valence electrons. The molecule has 0 saturated carbocycles. The Balaban J connectivity index is 1.91. The molecule has 0 aliphatic carbocycles. The first-order valence-electron chi connectivity index (χ1n) is 6.94. The molecule has 1 N–H and O–H groups in total. The Bertz CT molecular complexity index is 346. The minimum Gasteiger partial charge on any atom is -0.366 e. The highest BCUT2D eigenvalue weighted by atomic mass is 16.5. The molecular weight excluding hydrogens is 244 g/mol. The normalized spacial score (nSPS) is 27.7. The summed E-state index contributed by atoms with van der Waals surface area (Å²) in [4.78, 5) is 14.1. The monoisotopic (exact) mass is 270 g/mol. The smallest absolute Gasteiger partial charge is 0.248 e. The van der Waals surface area contributed by atoms with Gasteiger partial charge < -0.3 is 19.7 Å². The van der Waals surface area contributed by atoms with E-state index in [1.165, 1.54) is 0 Å². The van der Waals surface area contributed by atoms with Crippen LogP contribution in [0.2, 0.25) is 0 Å². The van der Waals surface area contributed by atoms with Gasteiger partial charge in [0.1, 0.15) is 6.61 Å². The van der Waals surface area contributed by atoms with Crippen LogP contribution in [0.25, 0.3) is 0 Å². The fourth-order valence-corrected chi connectivity index (χ4v) is 2.87. The lowest BCUT2D eigenvalue weighted by molar-refractivity contribution is -0.192. The van der Waals surface area contributed by atoms with Crippen molar-refractivity contribution in [2.45, 2.75) is 51.4 Å². The quantitative estimate of drug-likeness (QED) is 0.823. The molecule has 0 aromatic carbocycles. The summed E-state index contributed by atoms with van der Waals surface area (Å²) in [6.07, 6.45) is 0. The third-order valence-electron chi connectivity index (χ3n) is 3.59. The lowest BCUT2D eigenvalue weighted by atomic mass is 9.98. The van der Waals surface area contributed by atoms with Gasteiger partial charge in [0.15, 0.2) is 0 Å². The molecule has 5 heteroatoms. The molecule has 0 radical (unpaired) electrons. The zero-order valence-corrected chi connectivity index (χ0v) is 12.7. The highest BCUT2D eigenvalue weighted by Gasteiger charge is 2.40. The van der Waals surface area contributed by atoms with Crippen molar-refractivity contribution >= 4 is 5.91 Å². The van der Waals surface area contributed by atoms with Crippen LogP contribution < -0.4 is 5.32 Å². The summed E-state index contributed by atoms with van der Waals surface area (Å²) in [5, 5.41) is 3.16. The number of morpholine rings is 1. The second kappa shape index (κ2) is 4.72. The highest BCUT2D eigenvalue weighted by Crippen LogP contribution is 2.28. The molecule has 0 bridgehead atoms. The molecule has 1 amide bonds. The van der Waals surface area contributed by atoms with Crippen LogP contribution in [0, 0.1) is 0 Å². The number of carbonyl (C=O) groups is 1. The number of hydrogen-bond donors (Lipinski definition) is 1. The number of rotatable bonds is 3. The van der Waals surface area contributed by atoms with Crippen molar-refractivity contribution in [3.05, 3.63) is 0 Å². The van der Waals surface area contributed by atoms with Gasteiger partial charge in [0, 0.05) is 26.2 Å². The zero-order chi connectivity index (χ0) is 14.3. The van der Waals surface area contributed by atoms with Gasteiger partial charge >= 0.3 is 0 Å². The molecular formula is C14H26N2O3. The van der Waals surface area contributed by atoms with Crippen LogP contribution in [0.3, 0.4) is 0 Å². The van der Waals surface area contributed by atoms with E-state index >= 15 is 0 Å². The van der Waals surface area contributed by atoms with Crippen LogP contribution in [-0.2, 0) is 14.3 Å². The van der Waals surface area contributed by atoms with Crippen LogP contribution in [0.4, 0.5) is 0 Å². The van der Waals surface area contributed by atoms with Crippen molar-refractivity contribution in [1.82, 2.24) is 10.2 Å². The third kappa shape index (κ3) is 3.68. The van der Waals surface area contributed by atoms with E-state index in [-0.39, 0.29) is 29.3 Å². The molecule has 19 heavy (non-hydrogen) atoms. The van der Waals surface area contributed by atoms with Gasteiger partial charge in [0.2, 0.25) is 5.91 Å². The summed E-state index contributed by atoms with van der Waals surface area (Å²) >= 11 is 0. The van der Waals surface area contributed by atoms with Gasteiger partial charge in [-0.3, -0.25) is 4.79 Å². The van der Waals surface area contributed by atoms with Crippen molar-refractivity contribution in [2.24, 2.45) is 0 Å². The zero-order valence-electron chi connectivity index (χ0n) is 12.7. The summed E-state index contributed by atoms with van der Waals surface area (Å²) in [5.74, 6) is 0.0533. The molecule has 2 fully saturated rings. The van der Waals surface area contributed by atoms with E-state index in [4.69, 9.17) is 9.47 Å². The number of nitrogens with one attached hydrogen (secondary N) is 1. The first-order valence-corrected chi connectivity index (χ1v) is 6.94. The van der Waals surface area contributed by atoms with Gasteiger partial charge in [-0.1, -0.05) is 0 Å². The predicted octanol–water partition coefficient (Wildman–Crippen LogP) is 0.781. The molecule has 2 rings (SSSR count). The third-order valence-corrected chi connectivity index (χ3v) is 3.59. The van der Waals surface area contributed by atoms with Crippen molar-refractivity contribution in [3.8, 4) is 0 Å². The molecule has 0 aromatic rings.